The van der Waals surface area contributed by atoms with Gasteiger partial charge in [-0.25, -0.2) is 4.39 Å². The van der Waals surface area contributed by atoms with Crippen LogP contribution in [0, 0.1) is 17.7 Å². The smallest absolute Gasteiger partial charge is 0.123 e. The number of ether oxygens (including phenoxy) is 1. The zero-order valence-electron chi connectivity index (χ0n) is 13.7. The quantitative estimate of drug-likeness (QED) is 0.622. The van der Waals surface area contributed by atoms with E-state index < -0.39 is 0 Å². The van der Waals surface area contributed by atoms with Crippen LogP contribution in [0.15, 0.2) is 24.3 Å². The van der Waals surface area contributed by atoms with E-state index in [0.29, 0.717) is 11.8 Å². The summed E-state index contributed by atoms with van der Waals surface area (Å²) in [7, 11) is 0. The second-order valence-corrected chi connectivity index (χ2v) is 6.09. The molecule has 1 N–H and O–H groups in total. The normalized spacial score (nSPS) is 12.8. The molecular formula is C18H30FNO. The van der Waals surface area contributed by atoms with E-state index in [1.807, 2.05) is 13.0 Å². The number of nitrogens with one attached hydrogen (secondary N) is 1. The van der Waals surface area contributed by atoms with Gasteiger partial charge in [-0.05, 0) is 68.8 Å². The molecule has 0 heterocycles. The highest BCUT2D eigenvalue weighted by atomic mass is 19.1. The third kappa shape index (κ3) is 8.84. The Morgan fingerprint density at radius 3 is 2.71 bits per heavy atom. The van der Waals surface area contributed by atoms with Crippen LogP contribution in [0.5, 0.6) is 0 Å². The highest BCUT2D eigenvalue weighted by molar-refractivity contribution is 5.16. The van der Waals surface area contributed by atoms with Crippen molar-refractivity contribution in [3.63, 3.8) is 0 Å². The third-order valence-corrected chi connectivity index (χ3v) is 3.50. The fourth-order valence-electron chi connectivity index (χ4n) is 2.47. The second-order valence-electron chi connectivity index (χ2n) is 6.09. The van der Waals surface area contributed by atoms with Crippen molar-refractivity contribution in [2.24, 2.45) is 11.8 Å². The lowest BCUT2D eigenvalue weighted by atomic mass is 9.94. The first kappa shape index (κ1) is 18.1. The molecule has 1 rings (SSSR count). The molecule has 0 radical (unpaired) electrons. The number of hydrogen-bond donors (Lipinski definition) is 1. The van der Waals surface area contributed by atoms with Gasteiger partial charge in [0.1, 0.15) is 5.82 Å². The minimum absolute atomic E-state index is 0.143. The van der Waals surface area contributed by atoms with Crippen LogP contribution in [0.25, 0.3) is 0 Å². The lowest BCUT2D eigenvalue weighted by Crippen LogP contribution is -2.27. The van der Waals surface area contributed by atoms with Crippen molar-refractivity contribution in [2.75, 3.05) is 26.3 Å². The van der Waals surface area contributed by atoms with E-state index in [0.717, 1.165) is 51.1 Å². The van der Waals surface area contributed by atoms with Gasteiger partial charge in [-0.2, -0.15) is 0 Å². The van der Waals surface area contributed by atoms with E-state index in [9.17, 15) is 4.39 Å². The van der Waals surface area contributed by atoms with Crippen LogP contribution in [0.4, 0.5) is 4.39 Å². The van der Waals surface area contributed by atoms with Crippen LogP contribution in [0.1, 0.15) is 39.2 Å². The van der Waals surface area contributed by atoms with Crippen molar-refractivity contribution >= 4 is 0 Å². The molecule has 1 aromatic carbocycles. The van der Waals surface area contributed by atoms with Gasteiger partial charge in [-0.1, -0.05) is 26.0 Å². The van der Waals surface area contributed by atoms with Crippen molar-refractivity contribution in [3.8, 4) is 0 Å². The molecule has 1 aromatic rings. The monoisotopic (exact) mass is 295 g/mol. The van der Waals surface area contributed by atoms with Gasteiger partial charge in [0.25, 0.3) is 0 Å². The Kier molecular flexibility index (Phi) is 9.27. The Morgan fingerprint density at radius 2 is 2.05 bits per heavy atom. The van der Waals surface area contributed by atoms with Crippen LogP contribution < -0.4 is 5.32 Å². The average Bonchev–Trinajstić information content (AvgIpc) is 2.43. The summed E-state index contributed by atoms with van der Waals surface area (Å²) in [6.45, 7) is 10.1. The molecule has 0 aliphatic rings. The Balaban J connectivity index is 2.45. The van der Waals surface area contributed by atoms with Gasteiger partial charge in [0.2, 0.25) is 0 Å². The maximum Gasteiger partial charge on any atom is 0.123 e. The molecule has 0 aromatic heterocycles. The molecule has 21 heavy (non-hydrogen) atoms. The van der Waals surface area contributed by atoms with Crippen molar-refractivity contribution < 1.29 is 9.13 Å². The molecule has 0 fully saturated rings. The molecule has 1 atom stereocenters. The van der Waals surface area contributed by atoms with Crippen LogP contribution >= 0.6 is 0 Å². The molecule has 3 heteroatoms. The summed E-state index contributed by atoms with van der Waals surface area (Å²) < 4.78 is 18.7. The Morgan fingerprint density at radius 1 is 1.24 bits per heavy atom. The van der Waals surface area contributed by atoms with E-state index in [1.54, 1.807) is 12.1 Å². The van der Waals surface area contributed by atoms with Gasteiger partial charge in [0, 0.05) is 13.2 Å². The van der Waals surface area contributed by atoms with E-state index >= 15 is 0 Å². The summed E-state index contributed by atoms with van der Waals surface area (Å²) in [5.74, 6) is 1.05. The molecule has 0 bridgehead atoms. The van der Waals surface area contributed by atoms with Crippen LogP contribution in [-0.4, -0.2) is 26.3 Å². The number of halogens is 1. The van der Waals surface area contributed by atoms with Crippen molar-refractivity contribution in [3.05, 3.63) is 35.6 Å². The van der Waals surface area contributed by atoms with Gasteiger partial charge < -0.3 is 10.1 Å². The predicted octanol–water partition coefficient (Wildman–Crippen LogP) is 4.05. The second kappa shape index (κ2) is 10.7. The Hall–Kier alpha value is -0.930. The molecule has 0 saturated heterocycles. The largest absolute Gasteiger partial charge is 0.382 e. The van der Waals surface area contributed by atoms with E-state index in [1.165, 1.54) is 6.07 Å². The zero-order chi connectivity index (χ0) is 15.5. The Labute approximate surface area is 129 Å². The number of rotatable bonds is 11. The van der Waals surface area contributed by atoms with Gasteiger partial charge in [-0.3, -0.25) is 0 Å². The molecule has 0 saturated carbocycles. The zero-order valence-corrected chi connectivity index (χ0v) is 13.7. The molecule has 0 amide bonds. The van der Waals surface area contributed by atoms with Gasteiger partial charge in [-0.15, -0.1) is 0 Å². The molecule has 0 aliphatic carbocycles. The fraction of sp³-hybridized carbons (Fsp3) is 0.667. The lowest BCUT2D eigenvalue weighted by Gasteiger charge is -2.19. The first-order valence-electron chi connectivity index (χ1n) is 8.14. The Bertz CT molecular complexity index is 381. The minimum atomic E-state index is -0.143. The molecule has 0 aliphatic heterocycles. The van der Waals surface area contributed by atoms with Crippen LogP contribution in [0.2, 0.25) is 0 Å². The minimum Gasteiger partial charge on any atom is -0.382 e. The van der Waals surface area contributed by atoms with Crippen molar-refractivity contribution in [2.45, 2.75) is 40.0 Å². The molecule has 120 valence electrons. The standard InChI is InChI=1S/C18H30FNO/c1-4-21-10-6-8-17(14-20-13-15(2)3)11-16-7-5-9-18(19)12-16/h5,7,9,12,15,17,20H,4,6,8,10-11,13-14H2,1-3H3. The van der Waals surface area contributed by atoms with Crippen molar-refractivity contribution in [1.82, 2.24) is 5.32 Å². The molecule has 0 spiro atoms. The topological polar surface area (TPSA) is 21.3 Å². The van der Waals surface area contributed by atoms with Gasteiger partial charge in [0.15, 0.2) is 0 Å². The summed E-state index contributed by atoms with van der Waals surface area (Å²) in [4.78, 5) is 0. The van der Waals surface area contributed by atoms with Crippen molar-refractivity contribution in [1.29, 1.82) is 0 Å². The average molecular weight is 295 g/mol. The van der Waals surface area contributed by atoms with E-state index in [-0.39, 0.29) is 5.82 Å². The molecule has 2 nitrogen and oxygen atoms in total. The maximum absolute atomic E-state index is 13.3. The van der Waals surface area contributed by atoms with Crippen LogP contribution in [0.3, 0.4) is 0 Å². The maximum atomic E-state index is 13.3. The van der Waals surface area contributed by atoms with E-state index in [4.69, 9.17) is 4.74 Å². The molecular weight excluding hydrogens is 265 g/mol. The summed E-state index contributed by atoms with van der Waals surface area (Å²) >= 11 is 0. The number of benzene rings is 1. The first-order chi connectivity index (χ1) is 10.1. The SMILES string of the molecule is CCOCCCC(CNCC(C)C)Cc1cccc(F)c1. The highest BCUT2D eigenvalue weighted by Gasteiger charge is 2.10. The molecule has 1 unspecified atom stereocenters. The van der Waals surface area contributed by atoms with Crippen LogP contribution in [-0.2, 0) is 11.2 Å². The summed E-state index contributed by atoms with van der Waals surface area (Å²) in [6.07, 6.45) is 3.10. The van der Waals surface area contributed by atoms with Gasteiger partial charge in [0.05, 0.1) is 0 Å². The van der Waals surface area contributed by atoms with Gasteiger partial charge >= 0.3 is 0 Å². The van der Waals surface area contributed by atoms with E-state index in [2.05, 4.69) is 19.2 Å². The fourth-order valence-corrected chi connectivity index (χ4v) is 2.47. The predicted molar refractivity (Wildman–Crippen MR) is 87.0 cm³/mol. The summed E-state index contributed by atoms with van der Waals surface area (Å²) in [6, 6.07) is 6.97. The highest BCUT2D eigenvalue weighted by Crippen LogP contribution is 2.15. The third-order valence-electron chi connectivity index (χ3n) is 3.50. The lowest BCUT2D eigenvalue weighted by molar-refractivity contribution is 0.139. The number of hydrogen-bond acceptors (Lipinski definition) is 2. The summed E-state index contributed by atoms with van der Waals surface area (Å²) in [5, 5.41) is 3.53. The first-order valence-corrected chi connectivity index (χ1v) is 8.14. The summed E-state index contributed by atoms with van der Waals surface area (Å²) in [5.41, 5.74) is 1.09.